The summed E-state index contributed by atoms with van der Waals surface area (Å²) in [6.07, 6.45) is 1.36. The van der Waals surface area contributed by atoms with Crippen molar-refractivity contribution in [1.82, 2.24) is 15.2 Å². The maximum absolute atomic E-state index is 12.3. The van der Waals surface area contributed by atoms with E-state index >= 15 is 0 Å². The van der Waals surface area contributed by atoms with E-state index in [-0.39, 0.29) is 18.2 Å². The molecule has 0 spiro atoms. The van der Waals surface area contributed by atoms with Crippen molar-refractivity contribution in [2.24, 2.45) is 5.92 Å². The molecule has 7 nitrogen and oxygen atoms in total. The molecule has 1 saturated heterocycles. The standard InChI is InChI=1S/C14H23N3O4/c1-10-9-17(6-4-14(10,19)5-7-20-3)13(18)8-12-11(2)15-21-16-12/h10,19H,4-9H2,1-3H3/t10-,14-/m1/s1. The molecular formula is C14H23N3O4. The van der Waals surface area contributed by atoms with Crippen LogP contribution in [0.3, 0.4) is 0 Å². The first kappa shape index (κ1) is 15.9. The first-order valence-electron chi connectivity index (χ1n) is 7.23. The van der Waals surface area contributed by atoms with Gasteiger partial charge in [0, 0.05) is 32.7 Å². The second kappa shape index (κ2) is 6.53. The van der Waals surface area contributed by atoms with E-state index in [1.54, 1.807) is 18.9 Å². The van der Waals surface area contributed by atoms with Crippen molar-refractivity contribution in [3.05, 3.63) is 11.4 Å². The number of methoxy groups -OCH3 is 1. The fourth-order valence-corrected chi connectivity index (χ4v) is 2.71. The van der Waals surface area contributed by atoms with Gasteiger partial charge in [-0.25, -0.2) is 4.63 Å². The average Bonchev–Trinajstić information content (AvgIpc) is 2.85. The highest BCUT2D eigenvalue weighted by molar-refractivity contribution is 5.78. The molecular weight excluding hydrogens is 274 g/mol. The minimum Gasteiger partial charge on any atom is -0.389 e. The van der Waals surface area contributed by atoms with E-state index in [1.807, 2.05) is 6.92 Å². The number of likely N-dealkylation sites (tertiary alicyclic amines) is 1. The minimum atomic E-state index is -0.752. The second-order valence-corrected chi connectivity index (χ2v) is 5.81. The van der Waals surface area contributed by atoms with Crippen LogP contribution in [0.1, 0.15) is 31.2 Å². The van der Waals surface area contributed by atoms with Crippen LogP contribution < -0.4 is 0 Å². The molecule has 1 fully saturated rings. The van der Waals surface area contributed by atoms with Crippen LogP contribution in [0.2, 0.25) is 0 Å². The molecule has 1 aliphatic heterocycles. The zero-order valence-electron chi connectivity index (χ0n) is 12.8. The predicted molar refractivity (Wildman–Crippen MR) is 74.5 cm³/mol. The highest BCUT2D eigenvalue weighted by Gasteiger charge is 2.39. The SMILES string of the molecule is COCC[C@]1(O)CCN(C(=O)Cc2nonc2C)C[C@H]1C. The minimum absolute atomic E-state index is 0.00515. The predicted octanol–water partition coefficient (Wildman–Crippen LogP) is 0.557. The first-order valence-corrected chi connectivity index (χ1v) is 7.23. The molecule has 1 aliphatic rings. The van der Waals surface area contributed by atoms with Gasteiger partial charge < -0.3 is 14.7 Å². The number of hydrogen-bond acceptors (Lipinski definition) is 6. The van der Waals surface area contributed by atoms with E-state index in [2.05, 4.69) is 14.9 Å². The smallest absolute Gasteiger partial charge is 0.228 e. The Morgan fingerprint density at radius 2 is 2.33 bits per heavy atom. The highest BCUT2D eigenvalue weighted by atomic mass is 16.6. The topological polar surface area (TPSA) is 88.7 Å². The van der Waals surface area contributed by atoms with Crippen LogP contribution in [-0.2, 0) is 16.0 Å². The van der Waals surface area contributed by atoms with Gasteiger partial charge in [-0.1, -0.05) is 17.2 Å². The maximum atomic E-state index is 12.3. The quantitative estimate of drug-likeness (QED) is 0.854. The summed E-state index contributed by atoms with van der Waals surface area (Å²) in [5, 5.41) is 18.0. The van der Waals surface area contributed by atoms with Gasteiger partial charge in [-0.2, -0.15) is 0 Å². The summed E-state index contributed by atoms with van der Waals surface area (Å²) in [6, 6.07) is 0. The molecule has 0 unspecified atom stereocenters. The fraction of sp³-hybridized carbons (Fsp3) is 0.786. The van der Waals surface area contributed by atoms with E-state index < -0.39 is 5.60 Å². The molecule has 0 saturated carbocycles. The van der Waals surface area contributed by atoms with Gasteiger partial charge in [-0.3, -0.25) is 4.79 Å². The lowest BCUT2D eigenvalue weighted by atomic mass is 9.80. The van der Waals surface area contributed by atoms with Crippen LogP contribution >= 0.6 is 0 Å². The normalized spacial score (nSPS) is 26.1. The maximum Gasteiger partial charge on any atom is 0.228 e. The molecule has 7 heteroatoms. The molecule has 1 aromatic heterocycles. The number of piperidine rings is 1. The van der Waals surface area contributed by atoms with E-state index in [0.29, 0.717) is 43.9 Å². The second-order valence-electron chi connectivity index (χ2n) is 5.81. The number of carbonyl (C=O) groups is 1. The molecule has 0 bridgehead atoms. The molecule has 0 aromatic carbocycles. The lowest BCUT2D eigenvalue weighted by molar-refractivity contribution is -0.140. The van der Waals surface area contributed by atoms with Gasteiger partial charge in [-0.05, 0) is 19.8 Å². The van der Waals surface area contributed by atoms with Gasteiger partial charge in [0.2, 0.25) is 5.91 Å². The van der Waals surface area contributed by atoms with E-state index in [0.717, 1.165) is 0 Å². The number of ether oxygens (including phenoxy) is 1. The van der Waals surface area contributed by atoms with Crippen LogP contribution in [0, 0.1) is 12.8 Å². The molecule has 118 valence electrons. The Hall–Kier alpha value is -1.47. The van der Waals surface area contributed by atoms with Crippen molar-refractivity contribution in [3.63, 3.8) is 0 Å². The summed E-state index contributed by atoms with van der Waals surface area (Å²) in [5.74, 6) is 0.0105. The summed E-state index contributed by atoms with van der Waals surface area (Å²) in [5.41, 5.74) is 0.468. The van der Waals surface area contributed by atoms with E-state index in [1.165, 1.54) is 0 Å². The molecule has 0 aliphatic carbocycles. The van der Waals surface area contributed by atoms with Gasteiger partial charge in [0.05, 0.1) is 12.0 Å². The van der Waals surface area contributed by atoms with Crippen LogP contribution in [0.15, 0.2) is 4.63 Å². The zero-order chi connectivity index (χ0) is 15.5. The number of carbonyl (C=O) groups excluding carboxylic acids is 1. The monoisotopic (exact) mass is 297 g/mol. The third-order valence-corrected chi connectivity index (χ3v) is 4.38. The summed E-state index contributed by atoms with van der Waals surface area (Å²) in [4.78, 5) is 14.1. The molecule has 2 heterocycles. The van der Waals surface area contributed by atoms with Gasteiger partial charge >= 0.3 is 0 Å². The Morgan fingerprint density at radius 3 is 2.90 bits per heavy atom. The summed E-state index contributed by atoms with van der Waals surface area (Å²) in [6.45, 7) is 5.36. The number of amides is 1. The molecule has 2 rings (SSSR count). The Balaban J connectivity index is 1.92. The van der Waals surface area contributed by atoms with Crippen molar-refractivity contribution in [1.29, 1.82) is 0 Å². The van der Waals surface area contributed by atoms with Crippen LogP contribution in [0.25, 0.3) is 0 Å². The van der Waals surface area contributed by atoms with Crippen LogP contribution in [-0.4, -0.2) is 58.6 Å². The van der Waals surface area contributed by atoms with Gasteiger partial charge in [0.15, 0.2) is 0 Å². The molecule has 2 atom stereocenters. The lowest BCUT2D eigenvalue weighted by Crippen LogP contribution is -2.53. The first-order chi connectivity index (χ1) is 9.96. The average molecular weight is 297 g/mol. The largest absolute Gasteiger partial charge is 0.389 e. The van der Waals surface area contributed by atoms with Crippen LogP contribution in [0.5, 0.6) is 0 Å². The lowest BCUT2D eigenvalue weighted by Gasteiger charge is -2.43. The van der Waals surface area contributed by atoms with Crippen molar-refractivity contribution in [2.45, 2.75) is 38.7 Å². The molecule has 21 heavy (non-hydrogen) atoms. The number of nitrogens with zero attached hydrogens (tertiary/aromatic N) is 3. The third kappa shape index (κ3) is 3.59. The van der Waals surface area contributed by atoms with Crippen LogP contribution in [0.4, 0.5) is 0 Å². The molecule has 1 amide bonds. The van der Waals surface area contributed by atoms with Crippen molar-refractivity contribution in [2.75, 3.05) is 26.8 Å². The van der Waals surface area contributed by atoms with Gasteiger partial charge in [0.25, 0.3) is 0 Å². The van der Waals surface area contributed by atoms with Crippen molar-refractivity contribution < 1.29 is 19.3 Å². The Bertz CT molecular complexity index is 490. The molecule has 1 aromatic rings. The zero-order valence-corrected chi connectivity index (χ0v) is 12.8. The number of aromatic nitrogens is 2. The summed E-state index contributed by atoms with van der Waals surface area (Å²) in [7, 11) is 1.63. The van der Waals surface area contributed by atoms with Gasteiger partial charge in [0.1, 0.15) is 11.4 Å². The molecule has 1 N–H and O–H groups in total. The Kier molecular flexibility index (Phi) is 4.95. The molecule has 0 radical (unpaired) electrons. The Morgan fingerprint density at radius 1 is 1.57 bits per heavy atom. The fourth-order valence-electron chi connectivity index (χ4n) is 2.71. The number of hydrogen-bond donors (Lipinski definition) is 1. The van der Waals surface area contributed by atoms with Crippen molar-refractivity contribution in [3.8, 4) is 0 Å². The Labute approximate surface area is 124 Å². The van der Waals surface area contributed by atoms with Gasteiger partial charge in [-0.15, -0.1) is 0 Å². The number of aliphatic hydroxyl groups is 1. The number of aryl methyl sites for hydroxylation is 1. The third-order valence-electron chi connectivity index (χ3n) is 4.38. The number of rotatable bonds is 5. The summed E-state index contributed by atoms with van der Waals surface area (Å²) < 4.78 is 9.66. The summed E-state index contributed by atoms with van der Waals surface area (Å²) >= 11 is 0. The van der Waals surface area contributed by atoms with Crippen molar-refractivity contribution >= 4 is 5.91 Å². The van der Waals surface area contributed by atoms with E-state index in [4.69, 9.17) is 4.74 Å². The van der Waals surface area contributed by atoms with E-state index in [9.17, 15) is 9.90 Å². The highest BCUT2D eigenvalue weighted by Crippen LogP contribution is 2.31.